The summed E-state index contributed by atoms with van der Waals surface area (Å²) < 4.78 is 18.4. The van der Waals surface area contributed by atoms with Crippen molar-refractivity contribution in [3.05, 3.63) is 57.8 Å². The molecule has 0 spiro atoms. The molecule has 27 heavy (non-hydrogen) atoms. The molecule has 0 bridgehead atoms. The van der Waals surface area contributed by atoms with Crippen LogP contribution >= 0.6 is 23.2 Å². The minimum absolute atomic E-state index is 0.0516. The molecule has 0 unspecified atom stereocenters. The van der Waals surface area contributed by atoms with E-state index in [1.807, 2.05) is 12.1 Å². The number of esters is 1. The Morgan fingerprint density at radius 2 is 1.74 bits per heavy atom. The molecule has 1 N–H and O–H groups in total. The van der Waals surface area contributed by atoms with Crippen molar-refractivity contribution < 1.29 is 18.7 Å². The lowest BCUT2D eigenvalue weighted by molar-refractivity contribution is -0.119. The maximum Gasteiger partial charge on any atom is 0.340 e. The first-order chi connectivity index (χ1) is 12.9. The Bertz CT molecular complexity index is 853. The van der Waals surface area contributed by atoms with Crippen molar-refractivity contribution in [1.82, 2.24) is 0 Å². The van der Waals surface area contributed by atoms with Gasteiger partial charge in [0.05, 0.1) is 15.6 Å². The predicted molar refractivity (Wildman–Crippen MR) is 103 cm³/mol. The van der Waals surface area contributed by atoms with E-state index in [1.165, 1.54) is 12.8 Å². The molecule has 1 fully saturated rings. The number of rotatable bonds is 5. The van der Waals surface area contributed by atoms with Crippen LogP contribution in [-0.4, -0.2) is 31.6 Å². The fraction of sp³-hybridized carbons (Fsp3) is 0.263. The van der Waals surface area contributed by atoms with Crippen LogP contribution in [0.3, 0.4) is 0 Å². The van der Waals surface area contributed by atoms with Gasteiger partial charge < -0.3 is 15.0 Å². The summed E-state index contributed by atoms with van der Waals surface area (Å²) in [5.41, 5.74) is 1.51. The van der Waals surface area contributed by atoms with Gasteiger partial charge in [-0.3, -0.25) is 4.79 Å². The van der Waals surface area contributed by atoms with Crippen LogP contribution in [0.2, 0.25) is 10.0 Å². The van der Waals surface area contributed by atoms with Gasteiger partial charge >= 0.3 is 5.97 Å². The van der Waals surface area contributed by atoms with E-state index in [-0.39, 0.29) is 15.6 Å². The van der Waals surface area contributed by atoms with Gasteiger partial charge in [0, 0.05) is 24.5 Å². The first-order valence-corrected chi connectivity index (χ1v) is 9.16. The van der Waals surface area contributed by atoms with E-state index in [9.17, 15) is 14.0 Å². The van der Waals surface area contributed by atoms with E-state index in [0.717, 1.165) is 30.9 Å². The maximum absolute atomic E-state index is 13.5. The van der Waals surface area contributed by atoms with Gasteiger partial charge in [0.1, 0.15) is 5.82 Å². The number of hydrogen-bond acceptors (Lipinski definition) is 4. The average molecular weight is 411 g/mol. The van der Waals surface area contributed by atoms with E-state index in [2.05, 4.69) is 10.2 Å². The van der Waals surface area contributed by atoms with Crippen LogP contribution < -0.4 is 10.2 Å². The van der Waals surface area contributed by atoms with Gasteiger partial charge in [-0.25, -0.2) is 9.18 Å². The van der Waals surface area contributed by atoms with E-state index in [4.69, 9.17) is 27.9 Å². The molecular weight excluding hydrogens is 394 g/mol. The largest absolute Gasteiger partial charge is 0.452 e. The standard InChI is InChI=1S/C19H17Cl2FN2O3/c20-15-10-16(21)17(22)9-14(15)19(26)27-11-18(25)23-12-3-5-13(6-4-12)24-7-1-2-8-24/h3-6,9-10H,1-2,7-8,11H2,(H,23,25). The molecule has 0 radical (unpaired) electrons. The molecule has 1 amide bonds. The molecule has 0 atom stereocenters. The third-order valence-corrected chi connectivity index (χ3v) is 4.79. The Balaban J connectivity index is 1.53. The fourth-order valence-corrected chi connectivity index (χ4v) is 3.28. The number of carbonyl (C=O) groups excluding carboxylic acids is 2. The highest BCUT2D eigenvalue weighted by Crippen LogP contribution is 2.25. The number of anilines is 2. The first kappa shape index (κ1) is 19.5. The summed E-state index contributed by atoms with van der Waals surface area (Å²) in [6.07, 6.45) is 2.37. The third kappa shape index (κ3) is 4.90. The molecule has 1 heterocycles. The van der Waals surface area contributed by atoms with Crippen molar-refractivity contribution in [2.24, 2.45) is 0 Å². The summed E-state index contributed by atoms with van der Waals surface area (Å²) in [6, 6.07) is 9.43. The molecule has 5 nitrogen and oxygen atoms in total. The van der Waals surface area contributed by atoms with Crippen LogP contribution in [0.25, 0.3) is 0 Å². The van der Waals surface area contributed by atoms with Gasteiger partial charge in [0.2, 0.25) is 0 Å². The molecule has 0 aromatic heterocycles. The van der Waals surface area contributed by atoms with Crippen LogP contribution in [0, 0.1) is 5.82 Å². The minimum Gasteiger partial charge on any atom is -0.452 e. The smallest absolute Gasteiger partial charge is 0.340 e. The fourth-order valence-electron chi connectivity index (χ4n) is 2.82. The molecule has 3 rings (SSSR count). The Hall–Kier alpha value is -2.31. The van der Waals surface area contributed by atoms with Crippen LogP contribution in [-0.2, 0) is 9.53 Å². The van der Waals surface area contributed by atoms with Crippen LogP contribution in [0.4, 0.5) is 15.8 Å². The maximum atomic E-state index is 13.5. The van der Waals surface area contributed by atoms with Crippen molar-refractivity contribution in [3.8, 4) is 0 Å². The number of nitrogens with one attached hydrogen (secondary N) is 1. The third-order valence-electron chi connectivity index (χ3n) is 4.19. The molecule has 1 aliphatic heterocycles. The second-order valence-electron chi connectivity index (χ2n) is 6.11. The number of carbonyl (C=O) groups is 2. The molecule has 1 aliphatic rings. The molecular formula is C19H17Cl2FN2O3. The Morgan fingerprint density at radius 1 is 1.07 bits per heavy atom. The number of halogens is 3. The average Bonchev–Trinajstić information content (AvgIpc) is 3.18. The molecule has 1 saturated heterocycles. The number of benzene rings is 2. The predicted octanol–water partition coefficient (Wildman–Crippen LogP) is 4.53. The molecule has 2 aromatic rings. The van der Waals surface area contributed by atoms with Gasteiger partial charge in [-0.05, 0) is 49.2 Å². The Morgan fingerprint density at radius 3 is 2.41 bits per heavy atom. The SMILES string of the molecule is O=C(COC(=O)c1cc(F)c(Cl)cc1Cl)Nc1ccc(N2CCCC2)cc1. The Kier molecular flexibility index (Phi) is 6.19. The highest BCUT2D eigenvalue weighted by Gasteiger charge is 2.17. The number of ether oxygens (including phenoxy) is 1. The van der Waals surface area contributed by atoms with Crippen molar-refractivity contribution in [2.75, 3.05) is 29.9 Å². The zero-order valence-corrected chi connectivity index (χ0v) is 15.8. The molecule has 8 heteroatoms. The van der Waals surface area contributed by atoms with Crippen LogP contribution in [0.5, 0.6) is 0 Å². The van der Waals surface area contributed by atoms with Gasteiger partial charge in [0.25, 0.3) is 5.91 Å². The lowest BCUT2D eigenvalue weighted by Gasteiger charge is -2.17. The lowest BCUT2D eigenvalue weighted by atomic mass is 10.2. The van der Waals surface area contributed by atoms with Gasteiger partial charge in [-0.1, -0.05) is 23.2 Å². The second kappa shape index (κ2) is 8.59. The second-order valence-corrected chi connectivity index (χ2v) is 6.93. The minimum atomic E-state index is -0.907. The zero-order valence-electron chi connectivity index (χ0n) is 14.3. The van der Waals surface area contributed by atoms with E-state index in [0.29, 0.717) is 5.69 Å². The molecule has 2 aromatic carbocycles. The van der Waals surface area contributed by atoms with Crippen molar-refractivity contribution in [1.29, 1.82) is 0 Å². The molecule has 0 saturated carbocycles. The zero-order chi connectivity index (χ0) is 19.4. The normalized spacial score (nSPS) is 13.5. The lowest BCUT2D eigenvalue weighted by Crippen LogP contribution is -2.21. The van der Waals surface area contributed by atoms with Gasteiger partial charge in [-0.2, -0.15) is 0 Å². The first-order valence-electron chi connectivity index (χ1n) is 8.40. The van der Waals surface area contributed by atoms with Crippen molar-refractivity contribution in [3.63, 3.8) is 0 Å². The van der Waals surface area contributed by atoms with E-state index in [1.54, 1.807) is 12.1 Å². The van der Waals surface area contributed by atoms with Crippen molar-refractivity contribution in [2.45, 2.75) is 12.8 Å². The summed E-state index contributed by atoms with van der Waals surface area (Å²) in [6.45, 7) is 1.55. The summed E-state index contributed by atoms with van der Waals surface area (Å²) in [4.78, 5) is 26.2. The van der Waals surface area contributed by atoms with Crippen LogP contribution in [0.15, 0.2) is 36.4 Å². The highest BCUT2D eigenvalue weighted by molar-refractivity contribution is 6.36. The quantitative estimate of drug-likeness (QED) is 0.580. The molecule has 142 valence electrons. The van der Waals surface area contributed by atoms with Crippen LogP contribution in [0.1, 0.15) is 23.2 Å². The van der Waals surface area contributed by atoms with E-state index >= 15 is 0 Å². The summed E-state index contributed by atoms with van der Waals surface area (Å²) >= 11 is 11.4. The highest BCUT2D eigenvalue weighted by atomic mass is 35.5. The topological polar surface area (TPSA) is 58.6 Å². The summed E-state index contributed by atoms with van der Waals surface area (Å²) in [5.74, 6) is -2.21. The number of amides is 1. The summed E-state index contributed by atoms with van der Waals surface area (Å²) in [5, 5.41) is 2.39. The monoisotopic (exact) mass is 410 g/mol. The van der Waals surface area contributed by atoms with Crippen molar-refractivity contribution >= 4 is 46.5 Å². The number of nitrogens with zero attached hydrogens (tertiary/aromatic N) is 1. The molecule has 0 aliphatic carbocycles. The Labute approximate surface area is 166 Å². The number of hydrogen-bond donors (Lipinski definition) is 1. The van der Waals surface area contributed by atoms with Gasteiger partial charge in [-0.15, -0.1) is 0 Å². The van der Waals surface area contributed by atoms with E-state index < -0.39 is 24.3 Å². The summed E-state index contributed by atoms with van der Waals surface area (Å²) in [7, 11) is 0. The van der Waals surface area contributed by atoms with Gasteiger partial charge in [0.15, 0.2) is 6.61 Å².